The van der Waals surface area contributed by atoms with Crippen LogP contribution in [-0.2, 0) is 13.1 Å². The van der Waals surface area contributed by atoms with Gasteiger partial charge >= 0.3 is 0 Å². The molecule has 0 aromatic carbocycles. The van der Waals surface area contributed by atoms with E-state index in [9.17, 15) is 0 Å². The van der Waals surface area contributed by atoms with Crippen molar-refractivity contribution in [1.29, 1.82) is 0 Å². The minimum atomic E-state index is 0.185. The maximum atomic E-state index is 3.56. The van der Waals surface area contributed by atoms with E-state index in [1.54, 1.807) is 0 Å². The Balaban J connectivity index is 2.60. The monoisotopic (exact) mass is 250 g/mol. The Labute approximate surface area is 113 Å². The summed E-state index contributed by atoms with van der Waals surface area (Å²) in [6.45, 7) is 15.6. The van der Waals surface area contributed by atoms with Crippen LogP contribution in [0.4, 0.5) is 0 Å². The van der Waals surface area contributed by atoms with Crippen LogP contribution in [0.25, 0.3) is 0 Å². The normalized spacial score (nSPS) is 13.9. The van der Waals surface area contributed by atoms with Crippen molar-refractivity contribution >= 4 is 0 Å². The van der Waals surface area contributed by atoms with Crippen LogP contribution >= 0.6 is 0 Å². The van der Waals surface area contributed by atoms with E-state index in [4.69, 9.17) is 0 Å². The summed E-state index contributed by atoms with van der Waals surface area (Å²) >= 11 is 0. The Morgan fingerprint density at radius 2 is 2.00 bits per heavy atom. The second kappa shape index (κ2) is 6.42. The second-order valence-electron chi connectivity index (χ2n) is 6.58. The van der Waals surface area contributed by atoms with E-state index in [1.807, 2.05) is 0 Å². The fourth-order valence-corrected chi connectivity index (χ4v) is 2.26. The molecule has 0 saturated heterocycles. The summed E-state index contributed by atoms with van der Waals surface area (Å²) in [5.41, 5.74) is 3.02. The van der Waals surface area contributed by atoms with Crippen molar-refractivity contribution in [1.82, 2.24) is 9.88 Å². The van der Waals surface area contributed by atoms with Crippen molar-refractivity contribution in [2.75, 3.05) is 0 Å². The molecule has 1 aromatic rings. The van der Waals surface area contributed by atoms with Crippen LogP contribution in [0.3, 0.4) is 0 Å². The van der Waals surface area contributed by atoms with Gasteiger partial charge in [0.05, 0.1) is 0 Å². The number of nitrogens with one attached hydrogen (secondary N) is 1. The molecule has 0 bridgehead atoms. The number of hydrogen-bond acceptors (Lipinski definition) is 1. The molecule has 0 aliphatic rings. The van der Waals surface area contributed by atoms with Crippen molar-refractivity contribution in [3.8, 4) is 0 Å². The Kier molecular flexibility index (Phi) is 5.46. The van der Waals surface area contributed by atoms with Crippen LogP contribution in [0.2, 0.25) is 0 Å². The Morgan fingerprint density at radius 3 is 2.56 bits per heavy atom. The third kappa shape index (κ3) is 4.85. The van der Waals surface area contributed by atoms with Gasteiger partial charge in [0.15, 0.2) is 0 Å². The average Bonchev–Trinajstić information content (AvgIpc) is 2.57. The van der Waals surface area contributed by atoms with Crippen LogP contribution in [0.15, 0.2) is 12.3 Å². The minimum absolute atomic E-state index is 0.185. The van der Waals surface area contributed by atoms with E-state index in [2.05, 4.69) is 63.7 Å². The molecule has 104 valence electrons. The van der Waals surface area contributed by atoms with Gasteiger partial charge in [0, 0.05) is 30.5 Å². The molecular formula is C16H30N2. The van der Waals surface area contributed by atoms with Crippen molar-refractivity contribution in [2.24, 2.45) is 5.92 Å². The van der Waals surface area contributed by atoms with Gasteiger partial charge < -0.3 is 9.88 Å². The van der Waals surface area contributed by atoms with Crippen LogP contribution in [0.1, 0.15) is 58.7 Å². The molecule has 2 heteroatoms. The van der Waals surface area contributed by atoms with E-state index in [1.165, 1.54) is 24.1 Å². The van der Waals surface area contributed by atoms with E-state index in [-0.39, 0.29) is 5.54 Å². The smallest absolute Gasteiger partial charge is 0.0247 e. The molecule has 0 spiro atoms. The molecule has 1 atom stereocenters. The van der Waals surface area contributed by atoms with Crippen LogP contribution in [-0.4, -0.2) is 10.1 Å². The zero-order chi connectivity index (χ0) is 13.8. The van der Waals surface area contributed by atoms with Gasteiger partial charge in [0.1, 0.15) is 0 Å². The zero-order valence-corrected chi connectivity index (χ0v) is 13.0. The maximum absolute atomic E-state index is 3.56. The topological polar surface area (TPSA) is 17.0 Å². The molecular weight excluding hydrogens is 220 g/mol. The summed E-state index contributed by atoms with van der Waals surface area (Å²) in [4.78, 5) is 0. The first kappa shape index (κ1) is 15.3. The minimum Gasteiger partial charge on any atom is -0.351 e. The molecule has 0 amide bonds. The van der Waals surface area contributed by atoms with Gasteiger partial charge in [-0.05, 0) is 51.7 Å². The summed E-state index contributed by atoms with van der Waals surface area (Å²) in [7, 11) is 0. The van der Waals surface area contributed by atoms with E-state index in [0.717, 1.165) is 19.0 Å². The van der Waals surface area contributed by atoms with Gasteiger partial charge in [0.25, 0.3) is 0 Å². The first-order valence-corrected chi connectivity index (χ1v) is 7.23. The molecule has 0 aliphatic heterocycles. The van der Waals surface area contributed by atoms with Gasteiger partial charge in [-0.3, -0.25) is 0 Å². The summed E-state index contributed by atoms with van der Waals surface area (Å²) in [5, 5.41) is 3.56. The van der Waals surface area contributed by atoms with Gasteiger partial charge in [-0.15, -0.1) is 0 Å². The van der Waals surface area contributed by atoms with Crippen molar-refractivity contribution in [3.63, 3.8) is 0 Å². The molecule has 2 nitrogen and oxygen atoms in total. The Morgan fingerprint density at radius 1 is 1.33 bits per heavy atom. The molecule has 0 fully saturated rings. The predicted molar refractivity (Wildman–Crippen MR) is 79.8 cm³/mol. The highest BCUT2D eigenvalue weighted by Gasteiger charge is 2.12. The highest BCUT2D eigenvalue weighted by molar-refractivity contribution is 5.21. The van der Waals surface area contributed by atoms with Crippen molar-refractivity contribution < 1.29 is 0 Å². The second-order valence-corrected chi connectivity index (χ2v) is 6.58. The Bertz CT molecular complexity index is 358. The Hall–Kier alpha value is -0.760. The molecule has 1 N–H and O–H groups in total. The predicted octanol–water partition coefficient (Wildman–Crippen LogP) is 4.12. The molecule has 1 aromatic heterocycles. The molecule has 18 heavy (non-hydrogen) atoms. The van der Waals surface area contributed by atoms with E-state index >= 15 is 0 Å². The lowest BCUT2D eigenvalue weighted by molar-refractivity contribution is 0.420. The lowest BCUT2D eigenvalue weighted by Gasteiger charge is -2.20. The van der Waals surface area contributed by atoms with E-state index in [0.29, 0.717) is 0 Å². The van der Waals surface area contributed by atoms with Crippen molar-refractivity contribution in [3.05, 3.63) is 23.5 Å². The lowest BCUT2D eigenvalue weighted by atomic mass is 10.1. The number of nitrogens with zero attached hydrogens (tertiary/aromatic N) is 1. The first-order chi connectivity index (χ1) is 8.33. The molecule has 0 saturated carbocycles. The van der Waals surface area contributed by atoms with Crippen LogP contribution in [0, 0.1) is 12.8 Å². The molecule has 1 heterocycles. The quantitative estimate of drug-likeness (QED) is 0.803. The van der Waals surface area contributed by atoms with Gasteiger partial charge in [-0.25, -0.2) is 0 Å². The summed E-state index contributed by atoms with van der Waals surface area (Å²) in [6, 6.07) is 2.26. The van der Waals surface area contributed by atoms with Gasteiger partial charge in [-0.2, -0.15) is 0 Å². The summed E-state index contributed by atoms with van der Waals surface area (Å²) in [5.74, 6) is 0.768. The third-order valence-electron chi connectivity index (χ3n) is 3.45. The van der Waals surface area contributed by atoms with Gasteiger partial charge in [0.2, 0.25) is 0 Å². The SMILES string of the molecule is CCCC(C)Cn1ccc(CNC(C)(C)C)c1C. The zero-order valence-electron chi connectivity index (χ0n) is 13.0. The maximum Gasteiger partial charge on any atom is 0.0247 e. The van der Waals surface area contributed by atoms with E-state index < -0.39 is 0 Å². The largest absolute Gasteiger partial charge is 0.351 e. The first-order valence-electron chi connectivity index (χ1n) is 7.23. The number of aromatic nitrogens is 1. The van der Waals surface area contributed by atoms with Gasteiger partial charge in [-0.1, -0.05) is 20.3 Å². The van der Waals surface area contributed by atoms with Crippen molar-refractivity contribution in [2.45, 2.75) is 73.0 Å². The summed E-state index contributed by atoms with van der Waals surface area (Å²) in [6.07, 6.45) is 4.83. The molecule has 0 aliphatic carbocycles. The number of hydrogen-bond donors (Lipinski definition) is 1. The molecule has 1 unspecified atom stereocenters. The van der Waals surface area contributed by atoms with Crippen LogP contribution < -0.4 is 5.32 Å². The fraction of sp³-hybridized carbons (Fsp3) is 0.750. The molecule has 1 rings (SSSR count). The fourth-order valence-electron chi connectivity index (χ4n) is 2.26. The number of rotatable bonds is 6. The highest BCUT2D eigenvalue weighted by atomic mass is 15.0. The molecule has 0 radical (unpaired) electrons. The average molecular weight is 250 g/mol. The van der Waals surface area contributed by atoms with Crippen LogP contribution in [0.5, 0.6) is 0 Å². The lowest BCUT2D eigenvalue weighted by Crippen LogP contribution is -2.35. The highest BCUT2D eigenvalue weighted by Crippen LogP contribution is 2.15. The standard InChI is InChI=1S/C16H30N2/c1-7-8-13(2)12-18-10-9-15(14(18)3)11-17-16(4,5)6/h9-10,13,17H,7-8,11-12H2,1-6H3. The third-order valence-corrected chi connectivity index (χ3v) is 3.45. The summed E-state index contributed by atoms with van der Waals surface area (Å²) < 4.78 is 2.40.